The van der Waals surface area contributed by atoms with E-state index in [1.54, 1.807) is 31.4 Å². The fraction of sp³-hybridized carbons (Fsp3) is 0.471. The van der Waals surface area contributed by atoms with Gasteiger partial charge in [-0.1, -0.05) is 18.2 Å². The van der Waals surface area contributed by atoms with Crippen molar-refractivity contribution < 1.29 is 14.3 Å². The second-order valence-electron chi connectivity index (χ2n) is 6.35. The van der Waals surface area contributed by atoms with E-state index in [1.807, 2.05) is 0 Å². The summed E-state index contributed by atoms with van der Waals surface area (Å²) in [6, 6.07) is 6.99. The van der Waals surface area contributed by atoms with E-state index in [4.69, 9.17) is 9.47 Å². The zero-order chi connectivity index (χ0) is 16.7. The lowest BCUT2D eigenvalue weighted by atomic mass is 9.67. The summed E-state index contributed by atoms with van der Waals surface area (Å²) in [6.45, 7) is 1.27. The Morgan fingerprint density at radius 2 is 2.21 bits per heavy atom. The highest BCUT2D eigenvalue weighted by Crippen LogP contribution is 2.43. The lowest BCUT2D eigenvalue weighted by Gasteiger charge is -2.47. The Labute approximate surface area is 138 Å². The number of hydrogen-bond acceptors (Lipinski definition) is 5. The first kappa shape index (κ1) is 15.3. The summed E-state index contributed by atoms with van der Waals surface area (Å²) < 4.78 is 11.0. The Hall–Kier alpha value is -2.25. The van der Waals surface area contributed by atoms with Crippen molar-refractivity contribution in [1.29, 1.82) is 0 Å². The molecule has 4 rings (SSSR count). The van der Waals surface area contributed by atoms with Crippen LogP contribution in [0.1, 0.15) is 16.9 Å². The minimum absolute atomic E-state index is 0.0115. The van der Waals surface area contributed by atoms with Crippen LogP contribution in [0.2, 0.25) is 0 Å². The normalized spacial score (nSPS) is 28.4. The lowest BCUT2D eigenvalue weighted by Crippen LogP contribution is -2.62. The van der Waals surface area contributed by atoms with Gasteiger partial charge in [0.25, 0.3) is 11.5 Å². The molecule has 2 heterocycles. The average molecular weight is 329 g/mol. The number of nitrogens with zero attached hydrogens (tertiary/aromatic N) is 1. The summed E-state index contributed by atoms with van der Waals surface area (Å²) in [7, 11) is 1.65. The number of carbonyl (C=O) groups is 1. The first-order valence-corrected chi connectivity index (χ1v) is 8.09. The van der Waals surface area contributed by atoms with E-state index < -0.39 is 0 Å². The van der Waals surface area contributed by atoms with Gasteiger partial charge in [0.1, 0.15) is 0 Å². The maximum Gasteiger partial charge on any atom is 0.272 e. The van der Waals surface area contributed by atoms with Gasteiger partial charge in [0.15, 0.2) is 5.69 Å². The summed E-state index contributed by atoms with van der Waals surface area (Å²) in [4.78, 5) is 24.6. The molecule has 0 unspecified atom stereocenters. The number of benzene rings is 1. The molecule has 1 amide bonds. The van der Waals surface area contributed by atoms with Gasteiger partial charge >= 0.3 is 0 Å². The quantitative estimate of drug-likeness (QED) is 0.861. The van der Waals surface area contributed by atoms with E-state index in [-0.39, 0.29) is 35.2 Å². The Kier molecular flexibility index (Phi) is 3.82. The molecule has 4 atom stereocenters. The highest BCUT2D eigenvalue weighted by Gasteiger charge is 2.54. The van der Waals surface area contributed by atoms with Crippen molar-refractivity contribution in [1.82, 2.24) is 15.5 Å². The zero-order valence-corrected chi connectivity index (χ0v) is 13.3. The van der Waals surface area contributed by atoms with Crippen molar-refractivity contribution in [2.75, 3.05) is 20.3 Å². The van der Waals surface area contributed by atoms with Crippen LogP contribution < -0.4 is 10.9 Å². The molecule has 0 spiro atoms. The fourth-order valence-electron chi connectivity index (χ4n) is 3.94. The van der Waals surface area contributed by atoms with Crippen LogP contribution in [0.15, 0.2) is 29.1 Å². The second kappa shape index (κ2) is 5.99. The molecule has 1 aromatic heterocycles. The first-order valence-electron chi connectivity index (χ1n) is 8.09. The van der Waals surface area contributed by atoms with Crippen molar-refractivity contribution in [3.05, 3.63) is 40.3 Å². The van der Waals surface area contributed by atoms with Crippen LogP contribution in [-0.2, 0) is 9.47 Å². The molecule has 1 saturated heterocycles. The maximum absolute atomic E-state index is 12.7. The van der Waals surface area contributed by atoms with Gasteiger partial charge < -0.3 is 14.8 Å². The van der Waals surface area contributed by atoms with Crippen LogP contribution in [0.3, 0.4) is 0 Å². The second-order valence-corrected chi connectivity index (χ2v) is 6.35. The van der Waals surface area contributed by atoms with Gasteiger partial charge in [-0.3, -0.25) is 9.59 Å². The molecule has 1 aliphatic carbocycles. The monoisotopic (exact) mass is 329 g/mol. The Balaban J connectivity index is 1.61. The van der Waals surface area contributed by atoms with E-state index in [0.29, 0.717) is 23.3 Å². The topological polar surface area (TPSA) is 93.3 Å². The summed E-state index contributed by atoms with van der Waals surface area (Å²) in [6.07, 6.45) is 1.10. The SMILES string of the molecule is COC[C@H]1[C@@H](NC(=O)c2n[nH]c(=O)c3ccccc23)[C@H]2CCO[C@H]21. The van der Waals surface area contributed by atoms with E-state index in [0.717, 1.165) is 13.0 Å². The van der Waals surface area contributed by atoms with E-state index >= 15 is 0 Å². The van der Waals surface area contributed by atoms with Crippen LogP contribution in [0.25, 0.3) is 10.8 Å². The van der Waals surface area contributed by atoms with Gasteiger partial charge in [-0.2, -0.15) is 5.10 Å². The molecule has 1 aromatic carbocycles. The molecular weight excluding hydrogens is 310 g/mol. The van der Waals surface area contributed by atoms with E-state index in [9.17, 15) is 9.59 Å². The molecule has 2 aromatic rings. The van der Waals surface area contributed by atoms with Crippen LogP contribution >= 0.6 is 0 Å². The number of nitrogens with one attached hydrogen (secondary N) is 2. The summed E-state index contributed by atoms with van der Waals surface area (Å²) >= 11 is 0. The number of ether oxygens (including phenoxy) is 2. The number of H-pyrrole nitrogens is 1. The standard InChI is InChI=1S/C17H19N3O4/c1-23-8-12-13(11-6-7-24-15(11)12)18-17(22)14-9-4-2-3-5-10(9)16(21)20-19-14/h2-5,11-13,15H,6-8H2,1H3,(H,18,22)(H,20,21)/t11-,12+,13+,15-/m1/s1. The molecule has 1 saturated carbocycles. The molecule has 0 bridgehead atoms. The highest BCUT2D eigenvalue weighted by molar-refractivity contribution is 6.04. The minimum Gasteiger partial charge on any atom is -0.384 e. The van der Waals surface area contributed by atoms with Gasteiger partial charge in [0.05, 0.1) is 18.1 Å². The highest BCUT2D eigenvalue weighted by atomic mass is 16.5. The van der Waals surface area contributed by atoms with Gasteiger partial charge in [0.2, 0.25) is 0 Å². The number of aromatic nitrogens is 2. The number of amides is 1. The molecule has 2 aliphatic rings. The fourth-order valence-corrected chi connectivity index (χ4v) is 3.94. The minimum atomic E-state index is -0.299. The van der Waals surface area contributed by atoms with E-state index in [1.165, 1.54) is 0 Å². The lowest BCUT2D eigenvalue weighted by molar-refractivity contribution is -0.0810. The predicted molar refractivity (Wildman–Crippen MR) is 86.8 cm³/mol. The first-order chi connectivity index (χ1) is 11.7. The molecule has 7 nitrogen and oxygen atoms in total. The molecule has 2 fully saturated rings. The third-order valence-corrected chi connectivity index (χ3v) is 5.10. The number of hydrogen-bond donors (Lipinski definition) is 2. The van der Waals surface area contributed by atoms with Gasteiger partial charge in [-0.05, 0) is 12.5 Å². The third-order valence-electron chi connectivity index (χ3n) is 5.10. The number of fused-ring (bicyclic) bond motifs is 2. The van der Waals surface area contributed by atoms with Crippen molar-refractivity contribution in [2.24, 2.45) is 11.8 Å². The van der Waals surface area contributed by atoms with Crippen molar-refractivity contribution in [3.63, 3.8) is 0 Å². The van der Waals surface area contributed by atoms with Crippen molar-refractivity contribution in [2.45, 2.75) is 18.6 Å². The van der Waals surface area contributed by atoms with Gasteiger partial charge in [-0.15, -0.1) is 0 Å². The number of aromatic amines is 1. The predicted octanol–water partition coefficient (Wildman–Crippen LogP) is 0.703. The maximum atomic E-state index is 12.7. The van der Waals surface area contributed by atoms with Gasteiger partial charge in [-0.25, -0.2) is 5.10 Å². The summed E-state index contributed by atoms with van der Waals surface area (Å²) in [5.74, 6) is 0.197. The summed E-state index contributed by atoms with van der Waals surface area (Å²) in [5, 5.41) is 10.4. The van der Waals surface area contributed by atoms with Crippen LogP contribution in [-0.4, -0.2) is 48.6 Å². The van der Waals surface area contributed by atoms with Crippen LogP contribution in [0.5, 0.6) is 0 Å². The summed E-state index contributed by atoms with van der Waals surface area (Å²) in [5.41, 5.74) is -0.0592. The molecule has 126 valence electrons. The average Bonchev–Trinajstić information content (AvgIpc) is 3.02. The molecule has 1 aliphatic heterocycles. The zero-order valence-electron chi connectivity index (χ0n) is 13.3. The molecular formula is C17H19N3O4. The molecule has 2 N–H and O–H groups in total. The number of methoxy groups -OCH3 is 1. The third kappa shape index (κ3) is 2.32. The molecule has 0 radical (unpaired) electrons. The van der Waals surface area contributed by atoms with Gasteiger partial charge in [0, 0.05) is 37.0 Å². The number of carbonyl (C=O) groups excluding carboxylic acids is 1. The van der Waals surface area contributed by atoms with Crippen LogP contribution in [0, 0.1) is 11.8 Å². The Morgan fingerprint density at radius 3 is 3.00 bits per heavy atom. The van der Waals surface area contributed by atoms with E-state index in [2.05, 4.69) is 15.5 Å². The van der Waals surface area contributed by atoms with Crippen molar-refractivity contribution in [3.8, 4) is 0 Å². The number of rotatable bonds is 4. The Morgan fingerprint density at radius 1 is 1.42 bits per heavy atom. The van der Waals surface area contributed by atoms with Crippen molar-refractivity contribution >= 4 is 16.7 Å². The molecule has 7 heteroatoms. The smallest absolute Gasteiger partial charge is 0.272 e. The largest absolute Gasteiger partial charge is 0.384 e. The Bertz CT molecular complexity index is 834. The molecule has 24 heavy (non-hydrogen) atoms. The van der Waals surface area contributed by atoms with Crippen LogP contribution in [0.4, 0.5) is 0 Å².